The van der Waals surface area contributed by atoms with Gasteiger partial charge in [0, 0.05) is 19.2 Å². The summed E-state index contributed by atoms with van der Waals surface area (Å²) in [5.74, 6) is -0.873. The van der Waals surface area contributed by atoms with E-state index in [1.54, 1.807) is 14.0 Å². The van der Waals surface area contributed by atoms with Crippen LogP contribution >= 0.6 is 11.6 Å². The van der Waals surface area contributed by atoms with E-state index in [4.69, 9.17) is 16.3 Å². The highest BCUT2D eigenvalue weighted by molar-refractivity contribution is 6.34. The van der Waals surface area contributed by atoms with Crippen molar-refractivity contribution in [1.29, 1.82) is 0 Å². The van der Waals surface area contributed by atoms with Gasteiger partial charge >= 0.3 is 0 Å². The van der Waals surface area contributed by atoms with Crippen molar-refractivity contribution in [2.75, 3.05) is 11.9 Å². The predicted octanol–water partition coefficient (Wildman–Crippen LogP) is 3.19. The topological polar surface area (TPSA) is 99.3 Å². The number of halogens is 3. The maximum atomic E-state index is 12.3. The van der Waals surface area contributed by atoms with Crippen LogP contribution in [0.2, 0.25) is 5.02 Å². The van der Waals surface area contributed by atoms with Gasteiger partial charge in [0.2, 0.25) is 0 Å². The molecule has 2 aromatic rings. The van der Waals surface area contributed by atoms with Crippen molar-refractivity contribution < 1.29 is 23.2 Å². The molecular weight excluding hydrogens is 362 g/mol. The summed E-state index contributed by atoms with van der Waals surface area (Å²) in [6.07, 6.45) is -2.74. The fourth-order valence-electron chi connectivity index (χ4n) is 1.92. The molecule has 1 N–H and O–H groups in total. The molecule has 8 nitrogen and oxygen atoms in total. The predicted molar refractivity (Wildman–Crippen MR) is 85.5 cm³/mol. The van der Waals surface area contributed by atoms with E-state index in [0.29, 0.717) is 5.69 Å². The Hall–Kier alpha value is -2.75. The van der Waals surface area contributed by atoms with Crippen LogP contribution in [0.3, 0.4) is 0 Å². The molecule has 0 fully saturated rings. The first-order chi connectivity index (χ1) is 11.7. The SMILES string of the molecule is Cc1c(Cl)c(C(=O)Nc2cc(OCC(F)F)cc([N+](=O)[O-])c2)nn1C. The van der Waals surface area contributed by atoms with Gasteiger partial charge in [-0.3, -0.25) is 19.6 Å². The van der Waals surface area contributed by atoms with Crippen LogP contribution in [-0.4, -0.2) is 33.6 Å². The standard InChI is InChI=1S/C14H13ClF2N4O4/c1-7-12(15)13(19-20(7)2)14(22)18-8-3-9(21(23)24)5-10(4-8)25-6-11(16)17/h3-5,11H,6H2,1-2H3,(H,18,22). The second-order valence-electron chi connectivity index (χ2n) is 5.00. The molecule has 1 aromatic heterocycles. The van der Waals surface area contributed by atoms with Gasteiger partial charge in [-0.25, -0.2) is 8.78 Å². The van der Waals surface area contributed by atoms with Gasteiger partial charge < -0.3 is 10.1 Å². The molecule has 1 aromatic carbocycles. The van der Waals surface area contributed by atoms with Gasteiger partial charge in [0.15, 0.2) is 5.69 Å². The monoisotopic (exact) mass is 374 g/mol. The van der Waals surface area contributed by atoms with Crippen molar-refractivity contribution in [3.05, 3.63) is 44.7 Å². The van der Waals surface area contributed by atoms with E-state index in [9.17, 15) is 23.7 Å². The first-order valence-electron chi connectivity index (χ1n) is 6.90. The van der Waals surface area contributed by atoms with Crippen molar-refractivity contribution >= 4 is 28.9 Å². The highest BCUT2D eigenvalue weighted by Crippen LogP contribution is 2.27. The van der Waals surface area contributed by atoms with Gasteiger partial charge in [-0.2, -0.15) is 5.10 Å². The van der Waals surface area contributed by atoms with Crippen molar-refractivity contribution in [1.82, 2.24) is 9.78 Å². The first-order valence-corrected chi connectivity index (χ1v) is 7.27. The molecule has 0 radical (unpaired) electrons. The Balaban J connectivity index is 2.29. The maximum Gasteiger partial charge on any atom is 0.277 e. The van der Waals surface area contributed by atoms with Gasteiger partial charge in [-0.05, 0) is 6.92 Å². The molecule has 0 saturated carbocycles. The van der Waals surface area contributed by atoms with Crippen LogP contribution in [0, 0.1) is 17.0 Å². The van der Waals surface area contributed by atoms with E-state index in [-0.39, 0.29) is 22.2 Å². The summed E-state index contributed by atoms with van der Waals surface area (Å²) in [7, 11) is 1.60. The highest BCUT2D eigenvalue weighted by atomic mass is 35.5. The molecule has 0 saturated heterocycles. The van der Waals surface area contributed by atoms with Crippen LogP contribution in [0.1, 0.15) is 16.2 Å². The smallest absolute Gasteiger partial charge is 0.277 e. The van der Waals surface area contributed by atoms with E-state index in [2.05, 4.69) is 10.4 Å². The molecule has 2 rings (SSSR count). The van der Waals surface area contributed by atoms with Gasteiger partial charge in [0.05, 0.1) is 27.4 Å². The zero-order valence-electron chi connectivity index (χ0n) is 13.1. The molecule has 25 heavy (non-hydrogen) atoms. The summed E-state index contributed by atoms with van der Waals surface area (Å²) >= 11 is 6.01. The second-order valence-corrected chi connectivity index (χ2v) is 5.38. The van der Waals surface area contributed by atoms with Crippen molar-refractivity contribution in [2.45, 2.75) is 13.3 Å². The van der Waals surface area contributed by atoms with Gasteiger partial charge in [-0.15, -0.1) is 0 Å². The zero-order valence-corrected chi connectivity index (χ0v) is 13.9. The minimum atomic E-state index is -2.74. The number of aromatic nitrogens is 2. The number of non-ortho nitro benzene ring substituents is 1. The number of nitro groups is 1. The fourth-order valence-corrected chi connectivity index (χ4v) is 2.17. The molecule has 1 amide bonds. The number of anilines is 1. The maximum absolute atomic E-state index is 12.3. The molecule has 1 heterocycles. The number of carbonyl (C=O) groups is 1. The van der Waals surface area contributed by atoms with E-state index in [1.807, 2.05) is 0 Å². The van der Waals surface area contributed by atoms with E-state index < -0.39 is 29.6 Å². The number of amides is 1. The molecule has 0 atom stereocenters. The van der Waals surface area contributed by atoms with Gasteiger partial charge in [-0.1, -0.05) is 11.6 Å². The van der Waals surface area contributed by atoms with Crippen LogP contribution in [0.25, 0.3) is 0 Å². The minimum absolute atomic E-state index is 0.0113. The molecule has 0 aliphatic carbocycles. The lowest BCUT2D eigenvalue weighted by Crippen LogP contribution is -2.14. The minimum Gasteiger partial charge on any atom is -0.487 e. The van der Waals surface area contributed by atoms with Crippen LogP contribution in [0.5, 0.6) is 5.75 Å². The number of carbonyl (C=O) groups excluding carboxylic acids is 1. The van der Waals surface area contributed by atoms with Crippen molar-refractivity contribution in [3.63, 3.8) is 0 Å². The number of hydrogen-bond acceptors (Lipinski definition) is 5. The molecular formula is C14H13ClF2N4O4. The molecule has 0 aliphatic rings. The largest absolute Gasteiger partial charge is 0.487 e. The third-order valence-corrected chi connectivity index (χ3v) is 3.66. The third-order valence-electron chi connectivity index (χ3n) is 3.21. The lowest BCUT2D eigenvalue weighted by Gasteiger charge is -2.09. The van der Waals surface area contributed by atoms with Crippen LogP contribution < -0.4 is 10.1 Å². The summed E-state index contributed by atoms with van der Waals surface area (Å²) in [6.45, 7) is 0.732. The third kappa shape index (κ3) is 4.41. The lowest BCUT2D eigenvalue weighted by molar-refractivity contribution is -0.384. The molecule has 0 aliphatic heterocycles. The second kappa shape index (κ2) is 7.43. The van der Waals surface area contributed by atoms with E-state index in [1.165, 1.54) is 10.7 Å². The molecule has 0 unspecified atom stereocenters. The Kier molecular flexibility index (Phi) is 5.52. The summed E-state index contributed by atoms with van der Waals surface area (Å²) < 4.78 is 30.7. The molecule has 134 valence electrons. The van der Waals surface area contributed by atoms with E-state index in [0.717, 1.165) is 12.1 Å². The Morgan fingerprint density at radius 2 is 2.16 bits per heavy atom. The summed E-state index contributed by atoms with van der Waals surface area (Å²) in [4.78, 5) is 22.5. The van der Waals surface area contributed by atoms with Gasteiger partial charge in [0.25, 0.3) is 18.0 Å². The van der Waals surface area contributed by atoms with Crippen LogP contribution in [0.4, 0.5) is 20.2 Å². The average Bonchev–Trinajstić information content (AvgIpc) is 2.80. The average molecular weight is 375 g/mol. The van der Waals surface area contributed by atoms with Gasteiger partial charge in [0.1, 0.15) is 12.4 Å². The fraction of sp³-hybridized carbons (Fsp3) is 0.286. The quantitative estimate of drug-likeness (QED) is 0.618. The number of alkyl halides is 2. The Labute approximate surface area is 145 Å². The number of ether oxygens (including phenoxy) is 1. The van der Waals surface area contributed by atoms with Crippen molar-refractivity contribution in [2.24, 2.45) is 7.05 Å². The molecule has 0 spiro atoms. The van der Waals surface area contributed by atoms with Crippen molar-refractivity contribution in [3.8, 4) is 5.75 Å². The Bertz CT molecular complexity index is 825. The number of nitro benzene ring substituents is 1. The van der Waals surface area contributed by atoms with Crippen LogP contribution in [0.15, 0.2) is 18.2 Å². The Morgan fingerprint density at radius 1 is 1.48 bits per heavy atom. The Morgan fingerprint density at radius 3 is 2.68 bits per heavy atom. The summed E-state index contributed by atoms with van der Waals surface area (Å²) in [5.41, 5.74) is 0.0586. The summed E-state index contributed by atoms with van der Waals surface area (Å²) in [5, 5.41) is 17.4. The lowest BCUT2D eigenvalue weighted by atomic mass is 10.2. The first kappa shape index (κ1) is 18.6. The number of aryl methyl sites for hydroxylation is 1. The molecule has 11 heteroatoms. The summed E-state index contributed by atoms with van der Waals surface area (Å²) in [6, 6.07) is 3.24. The number of hydrogen-bond donors (Lipinski definition) is 1. The highest BCUT2D eigenvalue weighted by Gasteiger charge is 2.20. The number of nitrogens with zero attached hydrogens (tertiary/aromatic N) is 3. The number of rotatable bonds is 6. The van der Waals surface area contributed by atoms with Crippen LogP contribution in [-0.2, 0) is 7.05 Å². The zero-order chi connectivity index (χ0) is 18.7. The normalized spacial score (nSPS) is 10.8. The molecule has 0 bridgehead atoms. The van der Waals surface area contributed by atoms with E-state index >= 15 is 0 Å². The number of benzene rings is 1. The number of nitrogens with one attached hydrogen (secondary N) is 1.